The van der Waals surface area contributed by atoms with Crippen molar-refractivity contribution in [3.8, 4) is 5.69 Å². The molecule has 1 aromatic heterocycles. The van der Waals surface area contributed by atoms with Crippen molar-refractivity contribution in [2.75, 3.05) is 53.0 Å². The number of ether oxygens (including phenoxy) is 1. The fraction of sp³-hybridized carbons (Fsp3) is 0.500. The van der Waals surface area contributed by atoms with Gasteiger partial charge in [-0.2, -0.15) is 5.10 Å². The number of rotatable bonds is 8. The first-order valence-electron chi connectivity index (χ1n) is 10.6. The molecular formula is C22H29N5O3. The van der Waals surface area contributed by atoms with Crippen LogP contribution in [0.1, 0.15) is 34.9 Å². The zero-order chi connectivity index (χ0) is 20.9. The zero-order valence-corrected chi connectivity index (χ0v) is 17.4. The number of hydrogen-bond donors (Lipinski definition) is 1. The van der Waals surface area contributed by atoms with E-state index in [0.717, 1.165) is 24.2 Å². The third-order valence-corrected chi connectivity index (χ3v) is 5.60. The predicted octanol–water partition coefficient (Wildman–Crippen LogP) is 1.27. The number of hydrogen-bond acceptors (Lipinski definition) is 5. The Kier molecular flexibility index (Phi) is 6.44. The van der Waals surface area contributed by atoms with Crippen molar-refractivity contribution < 1.29 is 14.3 Å². The molecule has 2 aromatic rings. The highest BCUT2D eigenvalue weighted by molar-refractivity contribution is 5.93. The van der Waals surface area contributed by atoms with Gasteiger partial charge in [0.1, 0.15) is 5.69 Å². The van der Waals surface area contributed by atoms with Crippen LogP contribution in [0.15, 0.2) is 36.4 Å². The van der Waals surface area contributed by atoms with E-state index in [-0.39, 0.29) is 11.8 Å². The molecule has 4 rings (SSSR count). The predicted molar refractivity (Wildman–Crippen MR) is 113 cm³/mol. The summed E-state index contributed by atoms with van der Waals surface area (Å²) < 4.78 is 6.73. The summed E-state index contributed by atoms with van der Waals surface area (Å²) in [6.07, 6.45) is 2.29. The summed E-state index contributed by atoms with van der Waals surface area (Å²) in [5.74, 6) is 0.473. The van der Waals surface area contributed by atoms with Gasteiger partial charge >= 0.3 is 0 Å². The maximum Gasteiger partial charge on any atom is 0.272 e. The van der Waals surface area contributed by atoms with Crippen LogP contribution in [0.4, 0.5) is 0 Å². The number of carbonyl (C=O) groups excluding carboxylic acids is 2. The molecule has 1 saturated carbocycles. The standard InChI is InChI=1S/C22H29N5O3/c1-30-14-9-23-21(28)16-25-10-12-26(13-11-25)22(29)20-15-19(17-7-8-17)24-27(20)18-5-3-2-4-6-18/h2-6,15,17H,7-14,16H2,1H3,(H,23,28). The van der Waals surface area contributed by atoms with Crippen molar-refractivity contribution in [2.45, 2.75) is 18.8 Å². The lowest BCUT2D eigenvalue weighted by atomic mass is 10.2. The fourth-order valence-corrected chi connectivity index (χ4v) is 3.72. The second kappa shape index (κ2) is 9.40. The monoisotopic (exact) mass is 411 g/mol. The number of methoxy groups -OCH3 is 1. The van der Waals surface area contributed by atoms with E-state index in [9.17, 15) is 9.59 Å². The van der Waals surface area contributed by atoms with Crippen molar-refractivity contribution in [3.05, 3.63) is 47.8 Å². The first-order chi connectivity index (χ1) is 14.7. The normalized spacial score (nSPS) is 17.2. The molecule has 1 N–H and O–H groups in total. The molecule has 1 aliphatic heterocycles. The molecule has 0 atom stereocenters. The van der Waals surface area contributed by atoms with Gasteiger partial charge in [-0.25, -0.2) is 4.68 Å². The number of nitrogens with zero attached hydrogens (tertiary/aromatic N) is 4. The highest BCUT2D eigenvalue weighted by Crippen LogP contribution is 2.39. The molecule has 1 aliphatic carbocycles. The lowest BCUT2D eigenvalue weighted by Gasteiger charge is -2.34. The summed E-state index contributed by atoms with van der Waals surface area (Å²) >= 11 is 0. The second-order valence-corrected chi connectivity index (χ2v) is 7.89. The minimum Gasteiger partial charge on any atom is -0.383 e. The van der Waals surface area contributed by atoms with Crippen LogP contribution in [0.25, 0.3) is 5.69 Å². The average molecular weight is 412 g/mol. The van der Waals surface area contributed by atoms with Crippen molar-refractivity contribution in [1.82, 2.24) is 24.9 Å². The largest absolute Gasteiger partial charge is 0.383 e. The quantitative estimate of drug-likeness (QED) is 0.662. The van der Waals surface area contributed by atoms with E-state index in [1.54, 1.807) is 11.8 Å². The first kappa shape index (κ1) is 20.6. The van der Waals surface area contributed by atoms with E-state index in [0.29, 0.717) is 57.5 Å². The maximum absolute atomic E-state index is 13.3. The lowest BCUT2D eigenvalue weighted by Crippen LogP contribution is -2.51. The van der Waals surface area contributed by atoms with Crippen LogP contribution in [0.3, 0.4) is 0 Å². The summed E-state index contributed by atoms with van der Waals surface area (Å²) in [7, 11) is 1.61. The van der Waals surface area contributed by atoms with E-state index < -0.39 is 0 Å². The van der Waals surface area contributed by atoms with E-state index in [2.05, 4.69) is 10.2 Å². The van der Waals surface area contributed by atoms with Gasteiger partial charge in [-0.15, -0.1) is 0 Å². The van der Waals surface area contributed by atoms with Crippen LogP contribution >= 0.6 is 0 Å². The summed E-state index contributed by atoms with van der Waals surface area (Å²) in [6.45, 7) is 3.93. The second-order valence-electron chi connectivity index (χ2n) is 7.89. The molecule has 160 valence electrons. The number of aromatic nitrogens is 2. The van der Waals surface area contributed by atoms with Crippen molar-refractivity contribution in [3.63, 3.8) is 0 Å². The molecule has 30 heavy (non-hydrogen) atoms. The van der Waals surface area contributed by atoms with Crippen molar-refractivity contribution in [2.24, 2.45) is 0 Å². The highest BCUT2D eigenvalue weighted by Gasteiger charge is 2.31. The fourth-order valence-electron chi connectivity index (χ4n) is 3.72. The number of nitrogens with one attached hydrogen (secondary N) is 1. The third kappa shape index (κ3) is 4.88. The number of para-hydroxylation sites is 1. The molecule has 2 aliphatic rings. The Hall–Kier alpha value is -2.71. The molecule has 2 heterocycles. The summed E-state index contributed by atoms with van der Waals surface area (Å²) in [4.78, 5) is 29.3. The van der Waals surface area contributed by atoms with Crippen molar-refractivity contribution in [1.29, 1.82) is 0 Å². The zero-order valence-electron chi connectivity index (χ0n) is 17.4. The molecule has 1 aromatic carbocycles. The van der Waals surface area contributed by atoms with Crippen LogP contribution in [0, 0.1) is 0 Å². The molecule has 2 amide bonds. The minimum absolute atomic E-state index is 0.00227. The van der Waals surface area contributed by atoms with E-state index in [1.807, 2.05) is 41.3 Å². The Labute approximate surface area is 176 Å². The Morgan fingerprint density at radius 1 is 1.13 bits per heavy atom. The topological polar surface area (TPSA) is 79.7 Å². The van der Waals surface area contributed by atoms with E-state index in [4.69, 9.17) is 9.84 Å². The molecule has 0 radical (unpaired) electrons. The Morgan fingerprint density at radius 2 is 1.87 bits per heavy atom. The number of benzene rings is 1. The number of amides is 2. The molecule has 0 unspecified atom stereocenters. The molecule has 1 saturated heterocycles. The van der Waals surface area contributed by atoms with Gasteiger partial charge in [0.15, 0.2) is 0 Å². The molecule has 2 fully saturated rings. The van der Waals surface area contributed by atoms with Gasteiger partial charge in [0.05, 0.1) is 24.5 Å². The molecule has 8 nitrogen and oxygen atoms in total. The van der Waals surface area contributed by atoms with E-state index >= 15 is 0 Å². The number of piperazine rings is 1. The van der Waals surface area contributed by atoms with Crippen LogP contribution in [0.5, 0.6) is 0 Å². The van der Waals surface area contributed by atoms with Gasteiger partial charge in [-0.3, -0.25) is 14.5 Å². The Morgan fingerprint density at radius 3 is 2.53 bits per heavy atom. The van der Waals surface area contributed by atoms with Gasteiger partial charge in [0.2, 0.25) is 5.91 Å². The molecular weight excluding hydrogens is 382 g/mol. The smallest absolute Gasteiger partial charge is 0.272 e. The summed E-state index contributed by atoms with van der Waals surface area (Å²) in [5, 5.41) is 7.58. The SMILES string of the molecule is COCCNC(=O)CN1CCN(C(=O)c2cc(C3CC3)nn2-c2ccccc2)CC1. The Balaban J connectivity index is 1.39. The van der Waals surface area contributed by atoms with Gasteiger partial charge in [0, 0.05) is 45.8 Å². The first-order valence-corrected chi connectivity index (χ1v) is 10.6. The average Bonchev–Trinajstić information content (AvgIpc) is 3.53. The summed E-state index contributed by atoms with van der Waals surface area (Å²) in [6, 6.07) is 11.8. The van der Waals surface area contributed by atoms with Crippen LogP contribution in [-0.4, -0.2) is 84.4 Å². The van der Waals surface area contributed by atoms with Gasteiger partial charge in [-0.1, -0.05) is 18.2 Å². The van der Waals surface area contributed by atoms with Crippen LogP contribution in [-0.2, 0) is 9.53 Å². The Bertz CT molecular complexity index is 870. The number of carbonyl (C=O) groups is 2. The van der Waals surface area contributed by atoms with Gasteiger partial charge in [0.25, 0.3) is 5.91 Å². The third-order valence-electron chi connectivity index (χ3n) is 5.60. The van der Waals surface area contributed by atoms with Crippen LogP contribution in [0.2, 0.25) is 0 Å². The highest BCUT2D eigenvalue weighted by atomic mass is 16.5. The van der Waals surface area contributed by atoms with Crippen molar-refractivity contribution >= 4 is 11.8 Å². The van der Waals surface area contributed by atoms with E-state index in [1.165, 1.54) is 0 Å². The van der Waals surface area contributed by atoms with Gasteiger partial charge < -0.3 is 15.0 Å². The molecule has 8 heteroatoms. The molecule has 0 spiro atoms. The summed E-state index contributed by atoms with van der Waals surface area (Å²) in [5.41, 5.74) is 2.53. The molecule has 0 bridgehead atoms. The van der Waals surface area contributed by atoms with Gasteiger partial charge in [-0.05, 0) is 31.0 Å². The minimum atomic E-state index is -0.0111. The maximum atomic E-state index is 13.3. The lowest BCUT2D eigenvalue weighted by molar-refractivity contribution is -0.122. The van der Waals surface area contributed by atoms with Crippen LogP contribution < -0.4 is 5.32 Å².